The first-order valence-electron chi connectivity index (χ1n) is 8.22. The van der Waals surface area contributed by atoms with Crippen LogP contribution in [-0.4, -0.2) is 37.9 Å². The average Bonchev–Trinajstić information content (AvgIpc) is 2.99. The lowest BCUT2D eigenvalue weighted by atomic mass is 10.0. The summed E-state index contributed by atoms with van der Waals surface area (Å²) in [6.45, 7) is 9.56. The van der Waals surface area contributed by atoms with E-state index in [0.717, 1.165) is 6.54 Å². The minimum Gasteiger partial charge on any atom is -0.355 e. The van der Waals surface area contributed by atoms with Gasteiger partial charge in [-0.1, -0.05) is 62.9 Å². The molecule has 130 valence electrons. The van der Waals surface area contributed by atoms with Crippen LogP contribution in [0.25, 0.3) is 0 Å². The van der Waals surface area contributed by atoms with E-state index < -0.39 is 0 Å². The molecule has 0 fully saturated rings. The minimum absolute atomic E-state index is 0.00174. The normalized spacial score (nSPS) is 13.7. The number of nitrogens with one attached hydrogen (secondary N) is 1. The summed E-state index contributed by atoms with van der Waals surface area (Å²) in [6, 6.07) is 10.2. The van der Waals surface area contributed by atoms with Crippen molar-refractivity contribution in [2.24, 2.45) is 5.92 Å². The fraction of sp³-hybridized carbons (Fsp3) is 0.529. The number of carbonyl (C=O) groups is 1. The molecule has 2 unspecified atom stereocenters. The van der Waals surface area contributed by atoms with Crippen molar-refractivity contribution in [3.63, 3.8) is 0 Å². The number of thioether (sulfide) groups is 1. The third kappa shape index (κ3) is 5.33. The SMILES string of the molecule is CC(C)Cn1nnnc1SC(C)C(=O)NCC(C)c1ccccc1. The molecule has 24 heavy (non-hydrogen) atoms. The molecule has 0 aliphatic heterocycles. The van der Waals surface area contributed by atoms with E-state index in [0.29, 0.717) is 17.6 Å². The quantitative estimate of drug-likeness (QED) is 0.743. The predicted octanol–water partition coefficient (Wildman–Crippen LogP) is 2.73. The van der Waals surface area contributed by atoms with Crippen molar-refractivity contribution in [3.8, 4) is 0 Å². The average molecular weight is 347 g/mol. The smallest absolute Gasteiger partial charge is 0.233 e. The fourth-order valence-corrected chi connectivity index (χ4v) is 3.07. The number of benzene rings is 1. The maximum Gasteiger partial charge on any atom is 0.233 e. The standard InChI is InChI=1S/C17H25N5OS/c1-12(2)11-22-17(19-20-21-22)24-14(4)16(23)18-10-13(3)15-8-6-5-7-9-15/h5-9,12-14H,10-11H2,1-4H3,(H,18,23). The summed E-state index contributed by atoms with van der Waals surface area (Å²) in [6.07, 6.45) is 0. The number of rotatable bonds is 8. The van der Waals surface area contributed by atoms with Crippen molar-refractivity contribution < 1.29 is 4.79 Å². The number of amides is 1. The highest BCUT2D eigenvalue weighted by Gasteiger charge is 2.19. The van der Waals surface area contributed by atoms with Crippen molar-refractivity contribution in [1.82, 2.24) is 25.5 Å². The van der Waals surface area contributed by atoms with Gasteiger partial charge in [-0.05, 0) is 34.7 Å². The van der Waals surface area contributed by atoms with Crippen molar-refractivity contribution in [1.29, 1.82) is 0 Å². The van der Waals surface area contributed by atoms with Crippen LogP contribution in [0.4, 0.5) is 0 Å². The maximum atomic E-state index is 12.3. The molecule has 1 N–H and O–H groups in total. The number of hydrogen-bond acceptors (Lipinski definition) is 5. The van der Waals surface area contributed by atoms with Crippen molar-refractivity contribution >= 4 is 17.7 Å². The molecule has 7 heteroatoms. The molecule has 1 aromatic carbocycles. The zero-order valence-electron chi connectivity index (χ0n) is 14.6. The van der Waals surface area contributed by atoms with E-state index in [4.69, 9.17) is 0 Å². The van der Waals surface area contributed by atoms with Crippen LogP contribution in [-0.2, 0) is 11.3 Å². The molecular formula is C17H25N5OS. The Hall–Kier alpha value is -1.89. The van der Waals surface area contributed by atoms with E-state index in [9.17, 15) is 4.79 Å². The largest absolute Gasteiger partial charge is 0.355 e. The van der Waals surface area contributed by atoms with Crippen molar-refractivity contribution in [3.05, 3.63) is 35.9 Å². The Morgan fingerprint density at radius 2 is 1.92 bits per heavy atom. The van der Waals surface area contributed by atoms with Crippen LogP contribution in [0.5, 0.6) is 0 Å². The third-order valence-corrected chi connectivity index (χ3v) is 4.71. The number of tetrazole rings is 1. The van der Waals surface area contributed by atoms with Crippen LogP contribution in [0.3, 0.4) is 0 Å². The summed E-state index contributed by atoms with van der Waals surface area (Å²) >= 11 is 1.39. The van der Waals surface area contributed by atoms with Gasteiger partial charge in [-0.3, -0.25) is 4.79 Å². The van der Waals surface area contributed by atoms with Gasteiger partial charge < -0.3 is 5.32 Å². The molecule has 0 radical (unpaired) electrons. The Bertz CT molecular complexity index is 643. The highest BCUT2D eigenvalue weighted by atomic mass is 32.2. The number of hydrogen-bond donors (Lipinski definition) is 1. The Balaban J connectivity index is 1.85. The monoisotopic (exact) mass is 347 g/mol. The van der Waals surface area contributed by atoms with Crippen LogP contribution < -0.4 is 5.32 Å². The summed E-state index contributed by atoms with van der Waals surface area (Å²) in [7, 11) is 0. The first-order chi connectivity index (χ1) is 11.5. The van der Waals surface area contributed by atoms with Gasteiger partial charge in [0.05, 0.1) is 5.25 Å². The van der Waals surface area contributed by atoms with Gasteiger partial charge in [-0.2, -0.15) is 0 Å². The Labute approximate surface area is 147 Å². The predicted molar refractivity (Wildman–Crippen MR) is 95.8 cm³/mol. The van der Waals surface area contributed by atoms with E-state index in [1.54, 1.807) is 4.68 Å². The lowest BCUT2D eigenvalue weighted by Crippen LogP contribution is -2.33. The number of nitrogens with zero attached hydrogens (tertiary/aromatic N) is 4. The molecule has 0 aliphatic rings. The van der Waals surface area contributed by atoms with Crippen LogP contribution >= 0.6 is 11.8 Å². The zero-order chi connectivity index (χ0) is 17.5. The molecule has 1 heterocycles. The molecule has 2 atom stereocenters. The van der Waals surface area contributed by atoms with Gasteiger partial charge in [0, 0.05) is 13.1 Å². The van der Waals surface area contributed by atoms with Crippen molar-refractivity contribution in [2.75, 3.05) is 6.54 Å². The highest BCUT2D eigenvalue weighted by Crippen LogP contribution is 2.21. The second-order valence-corrected chi connectivity index (χ2v) is 7.66. The molecule has 2 rings (SSSR count). The van der Waals surface area contributed by atoms with Crippen LogP contribution in [0.2, 0.25) is 0 Å². The van der Waals surface area contributed by atoms with Gasteiger partial charge in [0.25, 0.3) is 0 Å². The molecule has 0 spiro atoms. The molecule has 0 saturated carbocycles. The number of aromatic nitrogens is 4. The summed E-state index contributed by atoms with van der Waals surface area (Å²) in [5.74, 6) is 0.726. The van der Waals surface area contributed by atoms with E-state index in [2.05, 4.69) is 53.7 Å². The van der Waals surface area contributed by atoms with E-state index in [1.165, 1.54) is 17.3 Å². The molecular weight excluding hydrogens is 322 g/mol. The fourth-order valence-electron chi connectivity index (χ4n) is 2.25. The van der Waals surface area contributed by atoms with E-state index in [-0.39, 0.29) is 17.1 Å². The summed E-state index contributed by atoms with van der Waals surface area (Å²) in [5, 5.41) is 15.2. The summed E-state index contributed by atoms with van der Waals surface area (Å²) < 4.78 is 1.76. The van der Waals surface area contributed by atoms with Crippen molar-refractivity contribution in [2.45, 2.75) is 50.6 Å². The Kier molecular flexibility index (Phi) is 6.78. The molecule has 1 amide bonds. The van der Waals surface area contributed by atoms with Gasteiger partial charge in [-0.15, -0.1) is 5.10 Å². The van der Waals surface area contributed by atoms with Crippen LogP contribution in [0, 0.1) is 5.92 Å². The lowest BCUT2D eigenvalue weighted by Gasteiger charge is -2.16. The molecule has 0 aliphatic carbocycles. The zero-order valence-corrected chi connectivity index (χ0v) is 15.5. The van der Waals surface area contributed by atoms with Crippen LogP contribution in [0.1, 0.15) is 39.2 Å². The third-order valence-electron chi connectivity index (χ3n) is 3.64. The second-order valence-electron chi connectivity index (χ2n) is 6.35. The molecule has 1 aromatic heterocycles. The van der Waals surface area contributed by atoms with E-state index in [1.807, 2.05) is 25.1 Å². The van der Waals surface area contributed by atoms with Gasteiger partial charge >= 0.3 is 0 Å². The van der Waals surface area contributed by atoms with Gasteiger partial charge in [0.2, 0.25) is 11.1 Å². The molecule has 0 saturated heterocycles. The van der Waals surface area contributed by atoms with Gasteiger partial charge in [0.15, 0.2) is 0 Å². The maximum absolute atomic E-state index is 12.3. The molecule has 2 aromatic rings. The highest BCUT2D eigenvalue weighted by molar-refractivity contribution is 8.00. The molecule has 6 nitrogen and oxygen atoms in total. The van der Waals surface area contributed by atoms with E-state index >= 15 is 0 Å². The number of carbonyl (C=O) groups excluding carboxylic acids is 1. The first-order valence-corrected chi connectivity index (χ1v) is 9.10. The summed E-state index contributed by atoms with van der Waals surface area (Å²) in [4.78, 5) is 12.3. The van der Waals surface area contributed by atoms with Gasteiger partial charge in [0.1, 0.15) is 0 Å². The second kappa shape index (κ2) is 8.82. The molecule has 0 bridgehead atoms. The minimum atomic E-state index is -0.245. The topological polar surface area (TPSA) is 72.7 Å². The van der Waals surface area contributed by atoms with Gasteiger partial charge in [-0.25, -0.2) is 4.68 Å². The summed E-state index contributed by atoms with van der Waals surface area (Å²) in [5.41, 5.74) is 1.22. The first kappa shape index (κ1) is 18.4. The lowest BCUT2D eigenvalue weighted by molar-refractivity contribution is -0.120. The Morgan fingerprint density at radius 3 is 2.58 bits per heavy atom. The van der Waals surface area contributed by atoms with Crippen LogP contribution in [0.15, 0.2) is 35.5 Å². The Morgan fingerprint density at radius 1 is 1.21 bits per heavy atom.